The number of methoxy groups -OCH3 is 1. The average molecular weight is 394 g/mol. The Morgan fingerprint density at radius 2 is 1.79 bits per heavy atom. The molecule has 1 aromatic heterocycles. The maximum atomic E-state index is 13.1. The summed E-state index contributed by atoms with van der Waals surface area (Å²) in [5.74, 6) is 1.27. The molecule has 2 aliphatic rings. The molecule has 1 amide bonds. The molecule has 2 saturated heterocycles. The highest BCUT2D eigenvalue weighted by Crippen LogP contribution is 2.42. The number of carbonyl (C=O) groups is 1. The van der Waals surface area contributed by atoms with Crippen LogP contribution in [0.2, 0.25) is 0 Å². The Morgan fingerprint density at radius 1 is 1.03 bits per heavy atom. The average Bonchev–Trinajstić information content (AvgIpc) is 3.06. The van der Waals surface area contributed by atoms with E-state index in [-0.39, 0.29) is 5.41 Å². The van der Waals surface area contributed by atoms with Crippen LogP contribution in [0.3, 0.4) is 0 Å². The summed E-state index contributed by atoms with van der Waals surface area (Å²) in [5, 5.41) is 0. The van der Waals surface area contributed by atoms with Crippen LogP contribution in [0.25, 0.3) is 0 Å². The summed E-state index contributed by atoms with van der Waals surface area (Å²) in [4.78, 5) is 21.9. The van der Waals surface area contributed by atoms with Crippen LogP contribution in [0.5, 0.6) is 5.75 Å². The van der Waals surface area contributed by atoms with Crippen LogP contribution in [0.15, 0.2) is 48.8 Å². The summed E-state index contributed by atoms with van der Waals surface area (Å²) in [6, 6.07) is 12.4. The fourth-order valence-corrected chi connectivity index (χ4v) is 4.72. The van der Waals surface area contributed by atoms with Gasteiger partial charge in [-0.25, -0.2) is 0 Å². The van der Waals surface area contributed by atoms with Crippen molar-refractivity contribution in [3.8, 4) is 5.75 Å². The number of hydrogen-bond acceptors (Lipinski definition) is 4. The van der Waals surface area contributed by atoms with Gasteiger partial charge in [0.15, 0.2) is 0 Å². The second-order valence-corrected chi connectivity index (χ2v) is 8.41. The van der Waals surface area contributed by atoms with E-state index in [4.69, 9.17) is 4.74 Å². The van der Waals surface area contributed by atoms with E-state index < -0.39 is 0 Å². The normalized spacial score (nSPS) is 19.1. The predicted octanol–water partition coefficient (Wildman–Crippen LogP) is 3.54. The second-order valence-electron chi connectivity index (χ2n) is 8.41. The van der Waals surface area contributed by atoms with Crippen molar-refractivity contribution in [2.75, 3.05) is 33.3 Å². The van der Waals surface area contributed by atoms with Crippen molar-refractivity contribution in [1.82, 2.24) is 14.8 Å². The van der Waals surface area contributed by atoms with Crippen LogP contribution in [-0.2, 0) is 17.8 Å². The Balaban J connectivity index is 1.23. The number of nitrogens with zero attached hydrogens (tertiary/aromatic N) is 3. The van der Waals surface area contributed by atoms with Gasteiger partial charge in [-0.05, 0) is 81.1 Å². The third-order valence-electron chi connectivity index (χ3n) is 6.61. The van der Waals surface area contributed by atoms with Gasteiger partial charge in [-0.2, -0.15) is 0 Å². The molecular weight excluding hydrogens is 362 g/mol. The summed E-state index contributed by atoms with van der Waals surface area (Å²) < 4.78 is 5.22. The van der Waals surface area contributed by atoms with Gasteiger partial charge >= 0.3 is 0 Å². The first kappa shape index (κ1) is 19.9. The number of aromatic nitrogens is 1. The molecule has 1 spiro atoms. The van der Waals surface area contributed by atoms with E-state index in [0.717, 1.165) is 69.6 Å². The van der Waals surface area contributed by atoms with Crippen LogP contribution in [-0.4, -0.2) is 54.0 Å². The Labute approximate surface area is 173 Å². The van der Waals surface area contributed by atoms with Crippen LogP contribution in [0.4, 0.5) is 0 Å². The number of aryl methyl sites for hydroxylation is 1. The van der Waals surface area contributed by atoms with Crippen molar-refractivity contribution in [2.45, 2.75) is 38.6 Å². The molecule has 0 N–H and O–H groups in total. The third kappa shape index (κ3) is 4.61. The number of amides is 1. The Morgan fingerprint density at radius 3 is 2.48 bits per heavy atom. The van der Waals surface area contributed by atoms with Crippen molar-refractivity contribution < 1.29 is 9.53 Å². The molecular formula is C24H31N3O2. The molecule has 0 saturated carbocycles. The van der Waals surface area contributed by atoms with E-state index in [9.17, 15) is 4.79 Å². The van der Waals surface area contributed by atoms with E-state index in [0.29, 0.717) is 12.5 Å². The maximum Gasteiger partial charge on any atom is 0.229 e. The minimum absolute atomic E-state index is 0.116. The molecule has 0 bridgehead atoms. The third-order valence-corrected chi connectivity index (χ3v) is 6.61. The number of piperidine rings is 1. The highest BCUT2D eigenvalue weighted by molar-refractivity contribution is 5.85. The topological polar surface area (TPSA) is 45.7 Å². The van der Waals surface area contributed by atoms with Crippen molar-refractivity contribution in [2.24, 2.45) is 5.41 Å². The Kier molecular flexibility index (Phi) is 6.14. The van der Waals surface area contributed by atoms with Crippen LogP contribution < -0.4 is 4.74 Å². The SMILES string of the molecule is COc1ccc(CCCN2CCC3(CC2)CCN(Cc2cccnc2)C3=O)cc1. The molecule has 4 rings (SSSR count). The molecule has 2 aromatic rings. The minimum atomic E-state index is -0.116. The van der Waals surface area contributed by atoms with E-state index in [2.05, 4.69) is 28.1 Å². The quantitative estimate of drug-likeness (QED) is 0.722. The highest BCUT2D eigenvalue weighted by atomic mass is 16.5. The molecule has 5 heteroatoms. The molecule has 0 atom stereocenters. The summed E-state index contributed by atoms with van der Waals surface area (Å²) >= 11 is 0. The number of rotatable bonds is 7. The number of ether oxygens (including phenoxy) is 1. The molecule has 1 aromatic carbocycles. The molecule has 0 aliphatic carbocycles. The predicted molar refractivity (Wildman–Crippen MR) is 114 cm³/mol. The summed E-state index contributed by atoms with van der Waals surface area (Å²) in [7, 11) is 1.70. The Hall–Kier alpha value is -2.40. The molecule has 29 heavy (non-hydrogen) atoms. The van der Waals surface area contributed by atoms with Crippen LogP contribution in [0.1, 0.15) is 36.8 Å². The van der Waals surface area contributed by atoms with Crippen molar-refractivity contribution in [1.29, 1.82) is 0 Å². The fraction of sp³-hybridized carbons (Fsp3) is 0.500. The lowest BCUT2D eigenvalue weighted by atomic mass is 9.77. The van der Waals surface area contributed by atoms with Gasteiger partial charge in [-0.3, -0.25) is 9.78 Å². The van der Waals surface area contributed by atoms with Gasteiger partial charge in [0.2, 0.25) is 5.91 Å². The molecule has 2 fully saturated rings. The van der Waals surface area contributed by atoms with E-state index >= 15 is 0 Å². The number of hydrogen-bond donors (Lipinski definition) is 0. The number of benzene rings is 1. The molecule has 154 valence electrons. The van der Waals surface area contributed by atoms with Gasteiger partial charge in [0.25, 0.3) is 0 Å². The van der Waals surface area contributed by atoms with Crippen molar-refractivity contribution in [3.05, 3.63) is 59.9 Å². The molecule has 0 unspecified atom stereocenters. The van der Waals surface area contributed by atoms with Gasteiger partial charge in [0.05, 0.1) is 12.5 Å². The summed E-state index contributed by atoms with van der Waals surface area (Å²) in [5.41, 5.74) is 2.36. The lowest BCUT2D eigenvalue weighted by Crippen LogP contribution is -2.44. The Bertz CT molecular complexity index is 799. The minimum Gasteiger partial charge on any atom is -0.497 e. The molecule has 5 nitrogen and oxygen atoms in total. The number of pyridine rings is 1. The fourth-order valence-electron chi connectivity index (χ4n) is 4.72. The van der Waals surface area contributed by atoms with Crippen LogP contribution >= 0.6 is 0 Å². The second kappa shape index (κ2) is 8.95. The maximum absolute atomic E-state index is 13.1. The lowest BCUT2D eigenvalue weighted by Gasteiger charge is -2.38. The number of carbonyl (C=O) groups excluding carboxylic acids is 1. The zero-order valence-corrected chi connectivity index (χ0v) is 17.3. The van der Waals surface area contributed by atoms with E-state index in [1.165, 1.54) is 5.56 Å². The van der Waals surface area contributed by atoms with Crippen molar-refractivity contribution in [3.63, 3.8) is 0 Å². The summed E-state index contributed by atoms with van der Waals surface area (Å²) in [6.45, 7) is 4.76. The van der Waals surface area contributed by atoms with Gasteiger partial charge in [-0.1, -0.05) is 18.2 Å². The standard InChI is InChI=1S/C24H31N3O2/c1-29-22-8-6-20(7-9-22)5-3-14-26-15-10-24(11-16-26)12-17-27(23(24)28)19-21-4-2-13-25-18-21/h2,4,6-9,13,18H,3,5,10-12,14-17,19H2,1H3. The lowest BCUT2D eigenvalue weighted by molar-refractivity contribution is -0.138. The first-order chi connectivity index (χ1) is 14.2. The summed E-state index contributed by atoms with van der Waals surface area (Å²) in [6.07, 6.45) is 8.89. The zero-order valence-electron chi connectivity index (χ0n) is 17.3. The van der Waals surface area contributed by atoms with Crippen molar-refractivity contribution >= 4 is 5.91 Å². The highest BCUT2D eigenvalue weighted by Gasteiger charge is 2.47. The monoisotopic (exact) mass is 393 g/mol. The van der Waals surface area contributed by atoms with Crippen LogP contribution in [0, 0.1) is 5.41 Å². The van der Waals surface area contributed by atoms with E-state index in [1.807, 2.05) is 29.3 Å². The zero-order chi connectivity index (χ0) is 20.1. The molecule has 2 aliphatic heterocycles. The first-order valence-corrected chi connectivity index (χ1v) is 10.7. The smallest absolute Gasteiger partial charge is 0.229 e. The van der Waals surface area contributed by atoms with Gasteiger partial charge in [-0.15, -0.1) is 0 Å². The van der Waals surface area contributed by atoms with Gasteiger partial charge < -0.3 is 14.5 Å². The van der Waals surface area contributed by atoms with Gasteiger partial charge in [0, 0.05) is 25.5 Å². The molecule has 3 heterocycles. The van der Waals surface area contributed by atoms with E-state index in [1.54, 1.807) is 13.3 Å². The number of likely N-dealkylation sites (tertiary alicyclic amines) is 2. The largest absolute Gasteiger partial charge is 0.497 e. The van der Waals surface area contributed by atoms with Gasteiger partial charge in [0.1, 0.15) is 5.75 Å². The first-order valence-electron chi connectivity index (χ1n) is 10.7. The molecule has 0 radical (unpaired) electrons.